The first-order valence-corrected chi connectivity index (χ1v) is 9.22. The number of aryl methyl sites for hydroxylation is 1. The number of esters is 1. The lowest BCUT2D eigenvalue weighted by Crippen LogP contribution is -2.33. The minimum atomic E-state index is -0.812. The van der Waals surface area contributed by atoms with Crippen LogP contribution in [0.2, 0.25) is 0 Å². The fourth-order valence-corrected chi connectivity index (χ4v) is 3.67. The summed E-state index contributed by atoms with van der Waals surface area (Å²) in [6.45, 7) is 16.1. The third kappa shape index (κ3) is 3.58. The number of allylic oxidation sites excluding steroid dienone is 1. The molecule has 150 valence electrons. The molecule has 1 aromatic heterocycles. The van der Waals surface area contributed by atoms with Crippen LogP contribution in [0.3, 0.4) is 0 Å². The first kappa shape index (κ1) is 20.5. The van der Waals surface area contributed by atoms with E-state index in [0.717, 1.165) is 6.07 Å². The zero-order valence-corrected chi connectivity index (χ0v) is 16.9. The van der Waals surface area contributed by atoms with Crippen LogP contribution in [0.1, 0.15) is 44.9 Å². The third-order valence-electron chi connectivity index (χ3n) is 4.81. The zero-order valence-electron chi connectivity index (χ0n) is 16.9. The average Bonchev–Trinajstić information content (AvgIpc) is 2.60. The molecule has 1 aliphatic heterocycles. The van der Waals surface area contributed by atoms with Crippen molar-refractivity contribution in [3.8, 4) is 0 Å². The molecule has 2 heterocycles. The number of aliphatic imine (C=N–C) groups is 1. The number of carbonyl (C=O) groups excluding carboxylic acids is 1. The van der Waals surface area contributed by atoms with Crippen molar-refractivity contribution in [2.75, 3.05) is 0 Å². The van der Waals surface area contributed by atoms with Gasteiger partial charge >= 0.3 is 5.97 Å². The summed E-state index contributed by atoms with van der Waals surface area (Å²) in [5.74, 6) is -1.81. The molecule has 0 bridgehead atoms. The highest BCUT2D eigenvalue weighted by Crippen LogP contribution is 2.40. The Balaban J connectivity index is 2.36. The van der Waals surface area contributed by atoms with Gasteiger partial charge in [-0.05, 0) is 40.7 Å². The molecule has 0 aliphatic carbocycles. The van der Waals surface area contributed by atoms with Crippen LogP contribution in [-0.2, 0) is 9.53 Å². The summed E-state index contributed by atoms with van der Waals surface area (Å²) in [5.41, 5.74) is 1.05. The second kappa shape index (κ2) is 7.63. The number of rotatable bonds is 3. The summed E-state index contributed by atoms with van der Waals surface area (Å²) >= 11 is 0. The number of hydrogen-bond acceptors (Lipinski definition) is 5. The molecule has 0 saturated heterocycles. The van der Waals surface area contributed by atoms with E-state index in [1.54, 1.807) is 34.6 Å². The van der Waals surface area contributed by atoms with Crippen LogP contribution in [0.25, 0.3) is 15.8 Å². The van der Waals surface area contributed by atoms with E-state index in [2.05, 4.69) is 9.84 Å². The van der Waals surface area contributed by atoms with E-state index in [0.29, 0.717) is 22.7 Å². The molecule has 7 heteroatoms. The van der Waals surface area contributed by atoms with Crippen LogP contribution < -0.4 is 5.43 Å². The smallest absolute Gasteiger partial charge is 0.337 e. The second-order valence-corrected chi connectivity index (χ2v) is 7.32. The van der Waals surface area contributed by atoms with Gasteiger partial charge in [0.2, 0.25) is 0 Å². The number of nitrogens with zero attached hydrogens (tertiary/aromatic N) is 2. The Morgan fingerprint density at radius 2 is 2.00 bits per heavy atom. The summed E-state index contributed by atoms with van der Waals surface area (Å²) in [7, 11) is 0. The molecule has 2 aromatic rings. The predicted octanol–water partition coefficient (Wildman–Crippen LogP) is 4.31. The van der Waals surface area contributed by atoms with E-state index in [9.17, 15) is 14.0 Å². The van der Waals surface area contributed by atoms with E-state index in [4.69, 9.17) is 15.7 Å². The Morgan fingerprint density at radius 1 is 1.31 bits per heavy atom. The van der Waals surface area contributed by atoms with E-state index >= 15 is 0 Å². The van der Waals surface area contributed by atoms with E-state index in [1.807, 2.05) is 0 Å². The molecule has 2 atom stereocenters. The van der Waals surface area contributed by atoms with Crippen LogP contribution >= 0.6 is 0 Å². The summed E-state index contributed by atoms with van der Waals surface area (Å²) in [6.07, 6.45) is -0.369. The molecule has 6 nitrogen and oxygen atoms in total. The van der Waals surface area contributed by atoms with Crippen molar-refractivity contribution in [2.45, 2.75) is 52.7 Å². The quantitative estimate of drug-likeness (QED) is 0.572. The number of benzene rings is 1. The van der Waals surface area contributed by atoms with Gasteiger partial charge in [-0.1, -0.05) is 6.07 Å². The van der Waals surface area contributed by atoms with Crippen molar-refractivity contribution < 1.29 is 18.3 Å². The highest BCUT2D eigenvalue weighted by molar-refractivity contribution is 6.01. The largest absolute Gasteiger partial charge is 0.461 e. The summed E-state index contributed by atoms with van der Waals surface area (Å²) in [4.78, 5) is 33.3. The molecule has 2 unspecified atom stereocenters. The van der Waals surface area contributed by atoms with Gasteiger partial charge in [0.1, 0.15) is 28.5 Å². The second-order valence-electron chi connectivity index (χ2n) is 7.32. The average molecular weight is 396 g/mol. The molecule has 29 heavy (non-hydrogen) atoms. The monoisotopic (exact) mass is 396 g/mol. The number of hydrogen-bond donors (Lipinski definition) is 0. The lowest BCUT2D eigenvalue weighted by atomic mass is 9.79. The highest BCUT2D eigenvalue weighted by Gasteiger charge is 2.43. The maximum atomic E-state index is 14.4. The van der Waals surface area contributed by atoms with Gasteiger partial charge in [0, 0.05) is 17.3 Å². The molecular weight excluding hydrogens is 375 g/mol. The Hall–Kier alpha value is -3.27. The van der Waals surface area contributed by atoms with Gasteiger partial charge in [0.15, 0.2) is 5.43 Å². The van der Waals surface area contributed by atoms with Gasteiger partial charge in [-0.2, -0.15) is 0 Å². The third-order valence-corrected chi connectivity index (χ3v) is 4.81. The minimum Gasteiger partial charge on any atom is -0.461 e. The summed E-state index contributed by atoms with van der Waals surface area (Å²) in [6, 6.07) is 3.02. The van der Waals surface area contributed by atoms with Crippen molar-refractivity contribution in [2.24, 2.45) is 4.99 Å². The van der Waals surface area contributed by atoms with Gasteiger partial charge in [0.25, 0.3) is 6.04 Å². The molecular formula is C22H21FN2O4. The molecule has 0 saturated carbocycles. The zero-order chi connectivity index (χ0) is 21.5. The van der Waals surface area contributed by atoms with Crippen LogP contribution in [-0.4, -0.2) is 23.8 Å². The summed E-state index contributed by atoms with van der Waals surface area (Å²) < 4.78 is 25.5. The first-order chi connectivity index (χ1) is 13.6. The molecule has 1 aromatic carbocycles. The fourth-order valence-electron chi connectivity index (χ4n) is 3.67. The summed E-state index contributed by atoms with van der Waals surface area (Å²) in [5, 5.41) is -0.203. The number of fused-ring (bicyclic) bond motifs is 1. The standard InChI is InChI=1S/C22H21FN2O4/c1-10(2)28-22(27)17-12(4)25-13(5)20(24-6)18(17)14-7-8-15(23)19-16(26)9-11(3)29-21(14)19/h7-10,18,20H,1-5H3. The first-order valence-electron chi connectivity index (χ1n) is 9.22. The van der Waals surface area contributed by atoms with E-state index in [-0.39, 0.29) is 22.6 Å². The minimum absolute atomic E-state index is 0.0333. The molecule has 0 N–H and O–H groups in total. The Labute approximate surface area is 167 Å². The predicted molar refractivity (Wildman–Crippen MR) is 107 cm³/mol. The molecule has 1 aliphatic rings. The maximum Gasteiger partial charge on any atom is 0.337 e. The van der Waals surface area contributed by atoms with Crippen LogP contribution in [0.4, 0.5) is 4.39 Å². The lowest BCUT2D eigenvalue weighted by Gasteiger charge is -2.27. The number of ether oxygens (including phenoxy) is 1. The Bertz CT molecular complexity index is 1170. The molecule has 0 amide bonds. The van der Waals surface area contributed by atoms with E-state index in [1.165, 1.54) is 12.1 Å². The topological polar surface area (TPSA) is 73.2 Å². The Kier molecular flexibility index (Phi) is 5.38. The molecule has 0 fully saturated rings. The molecule has 0 spiro atoms. The van der Waals surface area contributed by atoms with Crippen LogP contribution in [0, 0.1) is 19.3 Å². The van der Waals surface area contributed by atoms with Gasteiger partial charge in [0.05, 0.1) is 17.4 Å². The SMILES string of the molecule is [C-]#[N+]C1C(C)=NC(C)=C(C(=O)OC(C)C)C1c1ccc(F)c2c(=O)cc(C)oc12. The van der Waals surface area contributed by atoms with Gasteiger partial charge in [-0.25, -0.2) is 15.8 Å². The molecule has 0 radical (unpaired) electrons. The van der Waals surface area contributed by atoms with Crippen LogP contribution in [0.5, 0.6) is 0 Å². The van der Waals surface area contributed by atoms with Crippen molar-refractivity contribution >= 4 is 22.7 Å². The number of halogens is 1. The molecule has 3 rings (SSSR count). The number of carbonyl (C=O) groups is 1. The van der Waals surface area contributed by atoms with Crippen molar-refractivity contribution in [1.29, 1.82) is 0 Å². The van der Waals surface area contributed by atoms with E-state index < -0.39 is 29.2 Å². The normalized spacial score (nSPS) is 19.3. The van der Waals surface area contributed by atoms with Gasteiger partial charge in [-0.3, -0.25) is 9.79 Å². The lowest BCUT2D eigenvalue weighted by molar-refractivity contribution is -0.143. The van der Waals surface area contributed by atoms with Gasteiger partial charge < -0.3 is 14.0 Å². The van der Waals surface area contributed by atoms with Crippen LogP contribution in [0.15, 0.2) is 43.7 Å². The highest BCUT2D eigenvalue weighted by atomic mass is 19.1. The fraction of sp³-hybridized carbons (Fsp3) is 0.364. The maximum absolute atomic E-state index is 14.4. The van der Waals surface area contributed by atoms with Gasteiger partial charge in [-0.15, -0.1) is 0 Å². The van der Waals surface area contributed by atoms with Crippen molar-refractivity contribution in [3.05, 3.63) is 68.3 Å². The van der Waals surface area contributed by atoms with Crippen molar-refractivity contribution in [3.63, 3.8) is 0 Å². The Morgan fingerprint density at radius 3 is 2.62 bits per heavy atom. The van der Waals surface area contributed by atoms with Crippen molar-refractivity contribution in [1.82, 2.24) is 0 Å².